The lowest BCUT2D eigenvalue weighted by atomic mass is 9.96. The lowest BCUT2D eigenvalue weighted by molar-refractivity contribution is 0.0398. The standard InChI is InChI=1S/C11H25NO/c1-6-10(8-13-9(3)4)11(7-2)12-5/h9-12H,6-8H2,1-5H3/t10?,11-/m0/s1. The van der Waals surface area contributed by atoms with Gasteiger partial charge in [-0.3, -0.25) is 0 Å². The van der Waals surface area contributed by atoms with Crippen LogP contribution in [0.4, 0.5) is 0 Å². The first-order valence-electron chi connectivity index (χ1n) is 5.44. The maximum Gasteiger partial charge on any atom is 0.0519 e. The normalized spacial score (nSPS) is 16.2. The molecule has 0 aromatic rings. The predicted molar refractivity (Wildman–Crippen MR) is 58.0 cm³/mol. The van der Waals surface area contributed by atoms with E-state index in [0.29, 0.717) is 18.1 Å². The number of hydrogen-bond donors (Lipinski definition) is 1. The van der Waals surface area contributed by atoms with Crippen molar-refractivity contribution in [1.29, 1.82) is 0 Å². The van der Waals surface area contributed by atoms with Crippen molar-refractivity contribution in [3.05, 3.63) is 0 Å². The quantitative estimate of drug-likeness (QED) is 0.661. The third-order valence-corrected chi connectivity index (χ3v) is 2.55. The van der Waals surface area contributed by atoms with Gasteiger partial charge in [-0.2, -0.15) is 0 Å². The zero-order chi connectivity index (χ0) is 10.3. The van der Waals surface area contributed by atoms with Crippen molar-refractivity contribution in [3.63, 3.8) is 0 Å². The Hall–Kier alpha value is -0.0800. The zero-order valence-corrected chi connectivity index (χ0v) is 9.76. The van der Waals surface area contributed by atoms with Gasteiger partial charge in [0.2, 0.25) is 0 Å². The van der Waals surface area contributed by atoms with E-state index >= 15 is 0 Å². The van der Waals surface area contributed by atoms with Crippen molar-refractivity contribution in [2.24, 2.45) is 5.92 Å². The number of nitrogens with one attached hydrogen (secondary N) is 1. The molecule has 0 aromatic heterocycles. The van der Waals surface area contributed by atoms with Crippen molar-refractivity contribution in [1.82, 2.24) is 5.32 Å². The molecule has 2 atom stereocenters. The van der Waals surface area contributed by atoms with E-state index in [9.17, 15) is 0 Å². The molecule has 0 saturated carbocycles. The van der Waals surface area contributed by atoms with Gasteiger partial charge in [-0.1, -0.05) is 13.8 Å². The summed E-state index contributed by atoms with van der Waals surface area (Å²) in [5.41, 5.74) is 0. The van der Waals surface area contributed by atoms with Crippen LogP contribution in [0.25, 0.3) is 0 Å². The highest BCUT2D eigenvalue weighted by molar-refractivity contribution is 4.72. The Morgan fingerprint density at radius 1 is 1.15 bits per heavy atom. The van der Waals surface area contributed by atoms with Gasteiger partial charge in [0.1, 0.15) is 0 Å². The molecule has 13 heavy (non-hydrogen) atoms. The molecule has 1 N–H and O–H groups in total. The molecule has 0 aliphatic carbocycles. The van der Waals surface area contributed by atoms with Crippen LogP contribution in [0.15, 0.2) is 0 Å². The van der Waals surface area contributed by atoms with E-state index in [1.807, 2.05) is 7.05 Å². The second-order valence-electron chi connectivity index (χ2n) is 3.85. The maximum atomic E-state index is 5.64. The molecule has 1 unspecified atom stereocenters. The van der Waals surface area contributed by atoms with Gasteiger partial charge in [-0.15, -0.1) is 0 Å². The van der Waals surface area contributed by atoms with Gasteiger partial charge >= 0.3 is 0 Å². The molecule has 0 heterocycles. The van der Waals surface area contributed by atoms with Crippen LogP contribution in [0.2, 0.25) is 0 Å². The van der Waals surface area contributed by atoms with Gasteiger partial charge in [-0.25, -0.2) is 0 Å². The van der Waals surface area contributed by atoms with E-state index in [4.69, 9.17) is 4.74 Å². The molecule has 2 nitrogen and oxygen atoms in total. The summed E-state index contributed by atoms with van der Waals surface area (Å²) in [7, 11) is 2.03. The van der Waals surface area contributed by atoms with Crippen LogP contribution in [0, 0.1) is 5.92 Å². The third kappa shape index (κ3) is 5.27. The minimum Gasteiger partial charge on any atom is -0.378 e. The van der Waals surface area contributed by atoms with Crippen molar-refractivity contribution >= 4 is 0 Å². The molecule has 0 rings (SSSR count). The first-order chi connectivity index (χ1) is 6.15. The summed E-state index contributed by atoms with van der Waals surface area (Å²) in [5, 5.41) is 3.35. The molecule has 2 heteroatoms. The fraction of sp³-hybridized carbons (Fsp3) is 1.00. The van der Waals surface area contributed by atoms with E-state index in [2.05, 4.69) is 33.0 Å². The van der Waals surface area contributed by atoms with Crippen LogP contribution in [0.3, 0.4) is 0 Å². The van der Waals surface area contributed by atoms with Gasteiger partial charge in [0, 0.05) is 6.04 Å². The molecule has 0 amide bonds. The maximum absolute atomic E-state index is 5.64. The van der Waals surface area contributed by atoms with Crippen LogP contribution in [0.1, 0.15) is 40.5 Å². The smallest absolute Gasteiger partial charge is 0.0519 e. The minimum atomic E-state index is 0.350. The Morgan fingerprint density at radius 2 is 1.77 bits per heavy atom. The molecule has 0 bridgehead atoms. The van der Waals surface area contributed by atoms with Gasteiger partial charge in [-0.05, 0) is 39.7 Å². The highest BCUT2D eigenvalue weighted by Crippen LogP contribution is 2.12. The van der Waals surface area contributed by atoms with E-state index in [1.165, 1.54) is 12.8 Å². The van der Waals surface area contributed by atoms with Crippen LogP contribution >= 0.6 is 0 Å². The van der Waals surface area contributed by atoms with E-state index < -0.39 is 0 Å². The van der Waals surface area contributed by atoms with Crippen LogP contribution in [-0.2, 0) is 4.74 Å². The monoisotopic (exact) mass is 187 g/mol. The Morgan fingerprint density at radius 3 is 2.08 bits per heavy atom. The first kappa shape index (κ1) is 12.9. The van der Waals surface area contributed by atoms with Crippen LogP contribution < -0.4 is 5.32 Å². The average molecular weight is 187 g/mol. The second-order valence-corrected chi connectivity index (χ2v) is 3.85. The fourth-order valence-electron chi connectivity index (χ4n) is 1.61. The minimum absolute atomic E-state index is 0.350. The lowest BCUT2D eigenvalue weighted by Crippen LogP contribution is -2.35. The summed E-state index contributed by atoms with van der Waals surface area (Å²) in [5.74, 6) is 0.650. The fourth-order valence-corrected chi connectivity index (χ4v) is 1.61. The number of rotatable bonds is 7. The Bertz CT molecular complexity index is 111. The summed E-state index contributed by atoms with van der Waals surface area (Å²) in [6.45, 7) is 9.52. The number of hydrogen-bond acceptors (Lipinski definition) is 2. The second kappa shape index (κ2) is 7.34. The van der Waals surface area contributed by atoms with E-state index in [-0.39, 0.29) is 0 Å². The molecule has 0 aromatic carbocycles. The SMILES string of the molecule is CCC(COC(C)C)[C@H](CC)NC. The largest absolute Gasteiger partial charge is 0.378 e. The number of ether oxygens (including phenoxy) is 1. The predicted octanol–water partition coefficient (Wildman–Crippen LogP) is 2.44. The lowest BCUT2D eigenvalue weighted by Gasteiger charge is -2.25. The Labute approximate surface area is 83.1 Å². The van der Waals surface area contributed by atoms with Gasteiger partial charge in [0.15, 0.2) is 0 Å². The molecule has 0 fully saturated rings. The van der Waals surface area contributed by atoms with Crippen molar-refractivity contribution < 1.29 is 4.74 Å². The molecular weight excluding hydrogens is 162 g/mol. The summed E-state index contributed by atoms with van der Waals surface area (Å²) in [6, 6.07) is 0.601. The van der Waals surface area contributed by atoms with Crippen molar-refractivity contribution in [2.45, 2.75) is 52.7 Å². The van der Waals surface area contributed by atoms with E-state index in [0.717, 1.165) is 6.61 Å². The summed E-state index contributed by atoms with van der Waals surface area (Å²) >= 11 is 0. The molecule has 0 spiro atoms. The molecule has 0 radical (unpaired) electrons. The first-order valence-corrected chi connectivity index (χ1v) is 5.44. The van der Waals surface area contributed by atoms with Crippen molar-refractivity contribution in [3.8, 4) is 0 Å². The zero-order valence-electron chi connectivity index (χ0n) is 9.76. The molecule has 0 aliphatic rings. The average Bonchev–Trinajstić information content (AvgIpc) is 2.11. The highest BCUT2D eigenvalue weighted by atomic mass is 16.5. The molecule has 80 valence electrons. The van der Waals surface area contributed by atoms with Gasteiger partial charge in [0.05, 0.1) is 12.7 Å². The van der Waals surface area contributed by atoms with Gasteiger partial charge in [0.25, 0.3) is 0 Å². The summed E-state index contributed by atoms with van der Waals surface area (Å²) < 4.78 is 5.64. The Balaban J connectivity index is 3.85. The van der Waals surface area contributed by atoms with E-state index in [1.54, 1.807) is 0 Å². The summed E-state index contributed by atoms with van der Waals surface area (Å²) in [6.07, 6.45) is 2.71. The third-order valence-electron chi connectivity index (χ3n) is 2.55. The Kier molecular flexibility index (Phi) is 7.29. The van der Waals surface area contributed by atoms with Crippen LogP contribution in [0.5, 0.6) is 0 Å². The summed E-state index contributed by atoms with van der Waals surface area (Å²) in [4.78, 5) is 0. The molecule has 0 saturated heterocycles. The molecular formula is C11H25NO. The van der Waals surface area contributed by atoms with Crippen LogP contribution in [-0.4, -0.2) is 25.8 Å². The van der Waals surface area contributed by atoms with Gasteiger partial charge < -0.3 is 10.1 Å². The highest BCUT2D eigenvalue weighted by Gasteiger charge is 2.16. The molecule has 0 aliphatic heterocycles. The van der Waals surface area contributed by atoms with Crippen molar-refractivity contribution in [2.75, 3.05) is 13.7 Å². The topological polar surface area (TPSA) is 21.3 Å².